The van der Waals surface area contributed by atoms with Crippen LogP contribution in [0.3, 0.4) is 0 Å². The van der Waals surface area contributed by atoms with Crippen molar-refractivity contribution in [2.24, 2.45) is 23.7 Å². The van der Waals surface area contributed by atoms with Gasteiger partial charge < -0.3 is 39.4 Å². The SMILES string of the molecule is CCCCCc1cc(O)c(C/C=C(\C)CCC=C(C)C)c(OC(=O)C(=O)Oc2cc(CCCCC)cc(O)c2CC[C@@H](C)CCCC(C)C)c1.CCCCCc1cc(O)c(C/C=C(\C)CCC=C(C)C)c(OC(=O)C(=O)Oc2cc(CCCCC)cc(O)c2CC[C@H](C)CCCC(C)C)c1. The van der Waals surface area contributed by atoms with E-state index in [1.807, 2.05) is 26.0 Å². The fourth-order valence-corrected chi connectivity index (χ4v) is 12.2. The number of aromatic hydroxyl groups is 4. The fraction of sp³-hybridized carbons (Fsp3) is 0.591. The number of aryl methyl sites for hydroxylation is 4. The number of phenolic OH excluding ortho intramolecular Hbond substituents is 4. The zero-order valence-corrected chi connectivity index (χ0v) is 64.9. The van der Waals surface area contributed by atoms with Gasteiger partial charge in [-0.15, -0.1) is 0 Å². The molecule has 0 spiro atoms. The number of phenols is 4. The van der Waals surface area contributed by atoms with Crippen molar-refractivity contribution in [3.63, 3.8) is 0 Å². The van der Waals surface area contributed by atoms with Gasteiger partial charge in [-0.1, -0.05) is 206 Å². The van der Waals surface area contributed by atoms with E-state index in [4.69, 9.17) is 18.9 Å². The van der Waals surface area contributed by atoms with Crippen LogP contribution in [0, 0.1) is 23.7 Å². The Kier molecular flexibility index (Phi) is 42.4. The van der Waals surface area contributed by atoms with Gasteiger partial charge in [-0.2, -0.15) is 0 Å². The lowest BCUT2D eigenvalue weighted by Crippen LogP contribution is -2.26. The summed E-state index contributed by atoms with van der Waals surface area (Å²) in [6.07, 6.45) is 37.4. The van der Waals surface area contributed by atoms with E-state index in [1.165, 1.54) is 24.0 Å². The molecule has 0 aliphatic rings. The summed E-state index contributed by atoms with van der Waals surface area (Å²) < 4.78 is 22.9. The summed E-state index contributed by atoms with van der Waals surface area (Å²) in [5.41, 5.74) is 10.2. The topological polar surface area (TPSA) is 186 Å². The molecule has 556 valence electrons. The number of esters is 4. The highest BCUT2D eigenvalue weighted by atomic mass is 16.6. The Labute approximate surface area is 604 Å². The van der Waals surface area contributed by atoms with Gasteiger partial charge in [0.05, 0.1) is 0 Å². The smallest absolute Gasteiger partial charge is 0.423 e. The summed E-state index contributed by atoms with van der Waals surface area (Å²) in [4.78, 5) is 53.5. The van der Waals surface area contributed by atoms with Gasteiger partial charge in [-0.25, -0.2) is 19.2 Å². The van der Waals surface area contributed by atoms with Crippen molar-refractivity contribution in [1.82, 2.24) is 0 Å². The summed E-state index contributed by atoms with van der Waals surface area (Å²) in [7, 11) is 0. The van der Waals surface area contributed by atoms with Gasteiger partial charge >= 0.3 is 23.9 Å². The molecule has 0 saturated heterocycles. The van der Waals surface area contributed by atoms with Gasteiger partial charge in [0, 0.05) is 22.3 Å². The predicted octanol–water partition coefficient (Wildman–Crippen LogP) is 23.4. The maximum atomic E-state index is 13.4. The molecule has 0 heterocycles. The second-order valence-electron chi connectivity index (χ2n) is 29.8. The lowest BCUT2D eigenvalue weighted by atomic mass is 9.93. The number of hydrogen-bond donors (Lipinski definition) is 4. The molecule has 4 N–H and O–H groups in total. The molecule has 2 atom stereocenters. The highest BCUT2D eigenvalue weighted by Gasteiger charge is 2.28. The van der Waals surface area contributed by atoms with Crippen LogP contribution in [-0.4, -0.2) is 44.3 Å². The van der Waals surface area contributed by atoms with Gasteiger partial charge in [0.15, 0.2) is 0 Å². The Morgan fingerprint density at radius 3 is 0.870 bits per heavy atom. The van der Waals surface area contributed by atoms with Gasteiger partial charge in [-0.05, 0) is 252 Å². The first kappa shape index (κ1) is 87.1. The van der Waals surface area contributed by atoms with Crippen LogP contribution < -0.4 is 18.9 Å². The molecule has 12 heteroatoms. The standard InChI is InChI=1S/2C44H66O6/c2*1-9-11-13-21-35-27-39(45)37(25-23-33(7)19-15-17-31(3)4)41(29-35)49-43(47)44(48)50-42-30-36(22-14-12-10-2)28-40(46)38(42)26-24-34(8)20-16-18-32(5)6/h2*17,23,27-30,32,34,45-46H,9-16,18-22,24-26H2,1-8H3/b2*33-23+/t2*34-/m10/s1. The Morgan fingerprint density at radius 2 is 0.610 bits per heavy atom. The van der Waals surface area contributed by atoms with E-state index in [0.29, 0.717) is 71.6 Å². The van der Waals surface area contributed by atoms with E-state index in [9.17, 15) is 39.6 Å². The predicted molar refractivity (Wildman–Crippen MR) is 412 cm³/mol. The summed E-state index contributed by atoms with van der Waals surface area (Å²) in [6.45, 7) is 34.3. The third kappa shape index (κ3) is 35.0. The van der Waals surface area contributed by atoms with Crippen LogP contribution in [-0.2, 0) is 70.5 Å². The minimum Gasteiger partial charge on any atom is -0.508 e. The molecular formula is C88H132O12. The molecule has 0 aliphatic carbocycles. The van der Waals surface area contributed by atoms with Crippen LogP contribution in [0.1, 0.15) is 309 Å². The molecule has 0 bridgehead atoms. The molecule has 4 aromatic rings. The van der Waals surface area contributed by atoms with Crippen LogP contribution >= 0.6 is 0 Å². The maximum absolute atomic E-state index is 13.4. The number of unbranched alkanes of at least 4 members (excludes halogenated alkanes) is 8. The maximum Gasteiger partial charge on any atom is 0.423 e. The van der Waals surface area contributed by atoms with E-state index < -0.39 is 23.9 Å². The molecule has 0 aromatic heterocycles. The zero-order valence-electron chi connectivity index (χ0n) is 64.9. The largest absolute Gasteiger partial charge is 0.508 e. The Hall–Kier alpha value is -7.08. The molecule has 0 radical (unpaired) electrons. The third-order valence-electron chi connectivity index (χ3n) is 18.6. The van der Waals surface area contributed by atoms with Crippen molar-refractivity contribution in [3.05, 3.63) is 140 Å². The van der Waals surface area contributed by atoms with Gasteiger partial charge in [0.1, 0.15) is 46.0 Å². The van der Waals surface area contributed by atoms with Crippen LogP contribution in [0.2, 0.25) is 0 Å². The second-order valence-corrected chi connectivity index (χ2v) is 29.8. The van der Waals surface area contributed by atoms with Crippen molar-refractivity contribution in [1.29, 1.82) is 0 Å². The molecule has 0 saturated carbocycles. The van der Waals surface area contributed by atoms with Crippen molar-refractivity contribution in [2.45, 2.75) is 316 Å². The van der Waals surface area contributed by atoms with Crippen molar-refractivity contribution >= 4 is 23.9 Å². The summed E-state index contributed by atoms with van der Waals surface area (Å²) in [6, 6.07) is 14.1. The molecule has 100 heavy (non-hydrogen) atoms. The third-order valence-corrected chi connectivity index (χ3v) is 18.6. The quantitative estimate of drug-likeness (QED) is 0.0108. The lowest BCUT2D eigenvalue weighted by Gasteiger charge is -2.17. The van der Waals surface area contributed by atoms with Gasteiger partial charge in [0.2, 0.25) is 0 Å². The number of benzene rings is 4. The molecule has 4 aromatic carbocycles. The van der Waals surface area contributed by atoms with Crippen LogP contribution in [0.4, 0.5) is 0 Å². The minimum absolute atomic E-state index is 0.0398. The van der Waals surface area contributed by atoms with Gasteiger partial charge in [0.25, 0.3) is 0 Å². The van der Waals surface area contributed by atoms with Crippen LogP contribution in [0.25, 0.3) is 0 Å². The van der Waals surface area contributed by atoms with Crippen LogP contribution in [0.15, 0.2) is 95.1 Å². The van der Waals surface area contributed by atoms with Crippen molar-refractivity contribution in [3.8, 4) is 46.0 Å². The average molecular weight is 1380 g/mol. The van der Waals surface area contributed by atoms with E-state index >= 15 is 0 Å². The van der Waals surface area contributed by atoms with Crippen LogP contribution in [0.5, 0.6) is 46.0 Å². The second kappa shape index (κ2) is 48.7. The average Bonchev–Trinajstić information content (AvgIpc) is 0.834. The summed E-state index contributed by atoms with van der Waals surface area (Å²) in [5.74, 6) is -1.43. The van der Waals surface area contributed by atoms with E-state index in [-0.39, 0.29) is 46.0 Å². The van der Waals surface area contributed by atoms with Gasteiger partial charge in [-0.3, -0.25) is 0 Å². The van der Waals surface area contributed by atoms with E-state index in [2.05, 4.69) is 109 Å². The molecule has 0 fully saturated rings. The fourth-order valence-electron chi connectivity index (χ4n) is 12.2. The molecule has 0 amide bonds. The molecule has 12 nitrogen and oxygen atoms in total. The normalized spacial score (nSPS) is 12.2. The number of allylic oxidation sites excluding steroid dienone is 8. The van der Waals surface area contributed by atoms with E-state index in [0.717, 1.165) is 200 Å². The number of carbonyl (C=O) groups excluding carboxylic acids is 4. The summed E-state index contributed by atoms with van der Waals surface area (Å²) in [5, 5.41) is 44.4. The Balaban J connectivity index is 0.000000520. The first-order chi connectivity index (χ1) is 47.7. The number of hydrogen-bond acceptors (Lipinski definition) is 12. The number of carbonyl (C=O) groups is 4. The zero-order chi connectivity index (χ0) is 74.1. The lowest BCUT2D eigenvalue weighted by molar-refractivity contribution is -0.156. The molecule has 0 aliphatic heterocycles. The Morgan fingerprint density at radius 1 is 0.340 bits per heavy atom. The van der Waals surface area contributed by atoms with Crippen molar-refractivity contribution in [2.75, 3.05) is 0 Å². The summed E-state index contributed by atoms with van der Waals surface area (Å²) >= 11 is 0. The number of rotatable bonds is 44. The molecule has 4 rings (SSSR count). The Bertz CT molecular complexity index is 3040. The van der Waals surface area contributed by atoms with Crippen molar-refractivity contribution < 1.29 is 58.6 Å². The highest BCUT2D eigenvalue weighted by Crippen LogP contribution is 2.38. The molecular weight excluding hydrogens is 1250 g/mol. The molecule has 0 unspecified atom stereocenters. The number of ether oxygens (including phenoxy) is 4. The van der Waals surface area contributed by atoms with E-state index in [1.54, 1.807) is 48.5 Å². The highest BCUT2D eigenvalue weighted by molar-refractivity contribution is 6.31. The first-order valence-electron chi connectivity index (χ1n) is 38.5. The monoisotopic (exact) mass is 1380 g/mol. The first-order valence-corrected chi connectivity index (χ1v) is 38.5. The minimum atomic E-state index is -1.16.